The van der Waals surface area contributed by atoms with Gasteiger partial charge in [0.15, 0.2) is 5.03 Å². The highest BCUT2D eigenvalue weighted by molar-refractivity contribution is 7.99. The molecule has 0 spiro atoms. The summed E-state index contributed by atoms with van der Waals surface area (Å²) in [5, 5.41) is 11.4. The molecule has 1 aromatic carbocycles. The summed E-state index contributed by atoms with van der Waals surface area (Å²) in [5.41, 5.74) is 2.42. The van der Waals surface area contributed by atoms with Crippen LogP contribution in [0.5, 0.6) is 5.75 Å². The van der Waals surface area contributed by atoms with Crippen molar-refractivity contribution < 1.29 is 9.66 Å². The molecule has 0 fully saturated rings. The molecule has 1 aromatic heterocycles. The minimum atomic E-state index is -0.499. The molecule has 21 heavy (non-hydrogen) atoms. The molecule has 3 N–H and O–H groups in total. The Morgan fingerprint density at radius 1 is 1.33 bits per heavy atom. The maximum absolute atomic E-state index is 11.2. The predicted molar refractivity (Wildman–Crippen MR) is 78.4 cm³/mol. The lowest BCUT2D eigenvalue weighted by atomic mass is 10.3. The number of anilines is 1. The predicted octanol–water partition coefficient (Wildman–Crippen LogP) is 2.14. The van der Waals surface area contributed by atoms with Gasteiger partial charge in [0.05, 0.1) is 12.0 Å². The SMILES string of the molecule is COc1ccc(Sc2nc(NN)nc(C)c2[N+](=O)[O-])cc1. The normalized spacial score (nSPS) is 10.2. The highest BCUT2D eigenvalue weighted by Crippen LogP contribution is 2.35. The van der Waals surface area contributed by atoms with Gasteiger partial charge in [0.25, 0.3) is 0 Å². The zero-order valence-corrected chi connectivity index (χ0v) is 12.2. The van der Waals surface area contributed by atoms with Crippen LogP contribution >= 0.6 is 11.8 Å². The molecule has 0 aliphatic carbocycles. The molecule has 1 heterocycles. The van der Waals surface area contributed by atoms with Crippen LogP contribution in [0.4, 0.5) is 11.6 Å². The van der Waals surface area contributed by atoms with Crippen molar-refractivity contribution in [2.24, 2.45) is 5.84 Å². The fourth-order valence-corrected chi connectivity index (χ4v) is 2.59. The Balaban J connectivity index is 2.41. The molecule has 110 valence electrons. The molecule has 9 heteroatoms. The first-order chi connectivity index (χ1) is 10.0. The summed E-state index contributed by atoms with van der Waals surface area (Å²) in [4.78, 5) is 19.4. The van der Waals surface area contributed by atoms with Crippen molar-refractivity contribution >= 4 is 23.4 Å². The average Bonchev–Trinajstić information content (AvgIpc) is 2.47. The van der Waals surface area contributed by atoms with E-state index in [0.29, 0.717) is 5.75 Å². The highest BCUT2D eigenvalue weighted by atomic mass is 32.2. The quantitative estimate of drug-likeness (QED) is 0.373. The van der Waals surface area contributed by atoms with Crippen LogP contribution < -0.4 is 16.0 Å². The number of nitrogen functional groups attached to an aromatic ring is 1. The summed E-state index contributed by atoms with van der Waals surface area (Å²) < 4.78 is 5.07. The van der Waals surface area contributed by atoms with Crippen LogP contribution in [0.2, 0.25) is 0 Å². The summed E-state index contributed by atoms with van der Waals surface area (Å²) in [7, 11) is 1.57. The molecule has 0 amide bonds. The first-order valence-corrected chi connectivity index (χ1v) is 6.68. The van der Waals surface area contributed by atoms with E-state index in [-0.39, 0.29) is 22.4 Å². The van der Waals surface area contributed by atoms with Crippen molar-refractivity contribution in [3.05, 3.63) is 40.1 Å². The summed E-state index contributed by atoms with van der Waals surface area (Å²) in [6.07, 6.45) is 0. The van der Waals surface area contributed by atoms with Crippen molar-refractivity contribution in [1.29, 1.82) is 0 Å². The van der Waals surface area contributed by atoms with Gasteiger partial charge in [-0.05, 0) is 31.2 Å². The van der Waals surface area contributed by atoms with Crippen molar-refractivity contribution in [1.82, 2.24) is 9.97 Å². The summed E-state index contributed by atoms with van der Waals surface area (Å²) in [5.74, 6) is 6.11. The fraction of sp³-hybridized carbons (Fsp3) is 0.167. The first kappa shape index (κ1) is 15.0. The van der Waals surface area contributed by atoms with E-state index in [2.05, 4.69) is 15.4 Å². The highest BCUT2D eigenvalue weighted by Gasteiger charge is 2.22. The van der Waals surface area contributed by atoms with Crippen molar-refractivity contribution in [2.45, 2.75) is 16.8 Å². The Labute approximate surface area is 124 Å². The minimum absolute atomic E-state index is 0.130. The van der Waals surface area contributed by atoms with E-state index in [9.17, 15) is 10.1 Å². The number of nitrogens with two attached hydrogens (primary N) is 1. The van der Waals surface area contributed by atoms with Gasteiger partial charge in [-0.1, -0.05) is 11.8 Å². The molecular formula is C12H13N5O3S. The third-order valence-electron chi connectivity index (χ3n) is 2.61. The third-order valence-corrected chi connectivity index (χ3v) is 3.60. The maximum Gasteiger partial charge on any atom is 0.322 e. The van der Waals surface area contributed by atoms with E-state index in [4.69, 9.17) is 10.6 Å². The van der Waals surface area contributed by atoms with Gasteiger partial charge in [0, 0.05) is 4.90 Å². The van der Waals surface area contributed by atoms with E-state index in [0.717, 1.165) is 16.7 Å². The molecule has 8 nitrogen and oxygen atoms in total. The monoisotopic (exact) mass is 307 g/mol. The number of hydrogen-bond acceptors (Lipinski definition) is 8. The van der Waals surface area contributed by atoms with Crippen molar-refractivity contribution in [2.75, 3.05) is 12.5 Å². The zero-order chi connectivity index (χ0) is 15.4. The van der Waals surface area contributed by atoms with E-state index >= 15 is 0 Å². The Morgan fingerprint density at radius 2 is 2.00 bits per heavy atom. The zero-order valence-electron chi connectivity index (χ0n) is 11.4. The lowest BCUT2D eigenvalue weighted by molar-refractivity contribution is -0.389. The Kier molecular flexibility index (Phi) is 4.55. The molecule has 2 rings (SSSR count). The Morgan fingerprint density at radius 3 is 2.52 bits per heavy atom. The minimum Gasteiger partial charge on any atom is -0.497 e. The van der Waals surface area contributed by atoms with E-state index < -0.39 is 4.92 Å². The van der Waals surface area contributed by atoms with Gasteiger partial charge < -0.3 is 4.74 Å². The number of methoxy groups -OCH3 is 1. The summed E-state index contributed by atoms with van der Waals surface area (Å²) >= 11 is 1.16. The number of benzene rings is 1. The van der Waals surface area contributed by atoms with Crippen molar-refractivity contribution in [3.8, 4) is 5.75 Å². The van der Waals surface area contributed by atoms with E-state index in [1.807, 2.05) is 0 Å². The molecule has 0 atom stereocenters. The standard InChI is InChI=1S/C12H13N5O3S/c1-7-10(17(18)19)11(15-12(14-7)16-13)21-9-5-3-8(20-2)4-6-9/h3-6H,13H2,1-2H3,(H,14,15,16). The van der Waals surface area contributed by atoms with Gasteiger partial charge in [-0.25, -0.2) is 10.8 Å². The summed E-state index contributed by atoms with van der Waals surface area (Å²) in [6, 6.07) is 7.12. The van der Waals surface area contributed by atoms with Crippen LogP contribution in [0.25, 0.3) is 0 Å². The Bertz CT molecular complexity index is 663. The topological polar surface area (TPSA) is 116 Å². The van der Waals surface area contributed by atoms with Crippen LogP contribution in [0.1, 0.15) is 5.69 Å². The lowest BCUT2D eigenvalue weighted by Crippen LogP contribution is -2.12. The van der Waals surface area contributed by atoms with Gasteiger partial charge in [-0.2, -0.15) is 4.98 Å². The largest absolute Gasteiger partial charge is 0.497 e. The number of hydrogen-bond donors (Lipinski definition) is 2. The van der Waals surface area contributed by atoms with Gasteiger partial charge in [-0.3, -0.25) is 15.5 Å². The number of rotatable bonds is 5. The second-order valence-corrected chi connectivity index (χ2v) is 5.03. The van der Waals surface area contributed by atoms with E-state index in [1.54, 1.807) is 38.3 Å². The molecule has 0 bridgehead atoms. The molecule has 0 aliphatic heterocycles. The van der Waals surface area contributed by atoms with Crippen LogP contribution in [-0.4, -0.2) is 22.0 Å². The maximum atomic E-state index is 11.2. The number of nitrogens with one attached hydrogen (secondary N) is 1. The molecule has 0 saturated heterocycles. The summed E-state index contributed by atoms with van der Waals surface area (Å²) in [6.45, 7) is 1.54. The lowest BCUT2D eigenvalue weighted by Gasteiger charge is -2.07. The van der Waals surface area contributed by atoms with Crippen molar-refractivity contribution in [3.63, 3.8) is 0 Å². The first-order valence-electron chi connectivity index (χ1n) is 5.86. The van der Waals surface area contributed by atoms with Gasteiger partial charge >= 0.3 is 5.69 Å². The second kappa shape index (κ2) is 6.37. The van der Waals surface area contributed by atoms with Crippen LogP contribution in [0.15, 0.2) is 34.2 Å². The number of nitro groups is 1. The van der Waals surface area contributed by atoms with Crippen LogP contribution in [0.3, 0.4) is 0 Å². The number of aryl methyl sites for hydroxylation is 1. The number of ether oxygens (including phenoxy) is 1. The third kappa shape index (κ3) is 3.38. The molecule has 0 saturated carbocycles. The van der Waals surface area contributed by atoms with Crippen LogP contribution in [0, 0.1) is 17.0 Å². The van der Waals surface area contributed by atoms with Gasteiger partial charge in [-0.15, -0.1) is 0 Å². The molecule has 2 aromatic rings. The molecule has 0 unspecified atom stereocenters. The van der Waals surface area contributed by atoms with E-state index in [1.165, 1.54) is 0 Å². The number of hydrazine groups is 1. The van der Waals surface area contributed by atoms with Crippen LogP contribution in [-0.2, 0) is 0 Å². The average molecular weight is 307 g/mol. The molecular weight excluding hydrogens is 294 g/mol. The molecule has 0 radical (unpaired) electrons. The fourth-order valence-electron chi connectivity index (χ4n) is 1.64. The smallest absolute Gasteiger partial charge is 0.322 e. The number of nitrogens with zero attached hydrogens (tertiary/aromatic N) is 3. The molecule has 0 aliphatic rings. The number of aromatic nitrogens is 2. The second-order valence-electron chi connectivity index (χ2n) is 3.97. The Hall–Kier alpha value is -2.39. The van der Waals surface area contributed by atoms with Gasteiger partial charge in [0.1, 0.15) is 11.4 Å². The van der Waals surface area contributed by atoms with Gasteiger partial charge in [0.2, 0.25) is 5.95 Å².